The molecule has 0 fully saturated rings. The molecule has 7 nitrogen and oxygen atoms in total. The highest BCUT2D eigenvalue weighted by molar-refractivity contribution is 6.10. The minimum absolute atomic E-state index is 0.00879. The number of aromatic nitrogens is 7. The van der Waals surface area contributed by atoms with Gasteiger partial charge >= 0.3 is 0 Å². The Bertz CT molecular complexity index is 5850. The van der Waals surface area contributed by atoms with E-state index in [0.29, 0.717) is 0 Å². The maximum absolute atomic E-state index is 4.82. The van der Waals surface area contributed by atoms with Crippen LogP contribution < -0.4 is 0 Å². The first-order valence-electron chi connectivity index (χ1n) is 38.0. The number of benzene rings is 14. The first kappa shape index (κ1) is 76.2. The van der Waals surface area contributed by atoms with Gasteiger partial charge in [0.05, 0.1) is 28.4 Å². The summed E-state index contributed by atoms with van der Waals surface area (Å²) in [7, 11) is 0. The van der Waals surface area contributed by atoms with Gasteiger partial charge < -0.3 is 4.57 Å². The largest absolute Gasteiger partial charge is 0.325 e. The van der Waals surface area contributed by atoms with Crippen LogP contribution in [0.15, 0.2) is 310 Å². The molecule has 544 valence electrons. The van der Waals surface area contributed by atoms with Crippen molar-refractivity contribution < 1.29 is 0 Å². The molecule has 0 N–H and O–H groups in total. The summed E-state index contributed by atoms with van der Waals surface area (Å²) in [6, 6.07) is 106. The van der Waals surface area contributed by atoms with Crippen molar-refractivity contribution in [2.24, 2.45) is 0 Å². The van der Waals surface area contributed by atoms with E-state index in [1.165, 1.54) is 98.0 Å². The molecule has 0 aliphatic carbocycles. The van der Waals surface area contributed by atoms with Crippen LogP contribution >= 0.6 is 0 Å². The molecule has 7 heteroatoms. The molecule has 0 spiro atoms. The first-order chi connectivity index (χ1) is 51.4. The summed E-state index contributed by atoms with van der Waals surface area (Å²) in [5, 5.41) is 16.1. The van der Waals surface area contributed by atoms with E-state index < -0.39 is 0 Å². The fourth-order valence-corrected chi connectivity index (χ4v) is 13.6. The van der Waals surface area contributed by atoms with Gasteiger partial charge in [-0.1, -0.05) is 365 Å². The van der Waals surface area contributed by atoms with Gasteiger partial charge in [0.2, 0.25) is 0 Å². The molecule has 0 saturated heterocycles. The average molecular weight is 1420 g/mol. The molecule has 0 aliphatic rings. The molecule has 3 aromatic heterocycles. The molecule has 0 aliphatic heterocycles. The van der Waals surface area contributed by atoms with Crippen LogP contribution in [0, 0.1) is 0 Å². The molecule has 17 aromatic rings. The fourth-order valence-electron chi connectivity index (χ4n) is 13.6. The molecule has 108 heavy (non-hydrogen) atoms. The fraction of sp³-hybridized carbons (Fsp3) is 0.238. The average Bonchev–Trinajstić information content (AvgIpc) is 0.931. The topological polar surface area (TPSA) is 74.3 Å². The van der Waals surface area contributed by atoms with Crippen LogP contribution in [0.3, 0.4) is 0 Å². The second-order valence-electron chi connectivity index (χ2n) is 34.3. The van der Waals surface area contributed by atoms with Crippen molar-refractivity contribution in [2.75, 3.05) is 0 Å². The van der Waals surface area contributed by atoms with Crippen LogP contribution in [0.4, 0.5) is 0 Å². The SMILES string of the molecule is CC(C)(C)c1cc2ccccc2c2ccccc12.CC(C)(C)c1ccc2c(ccc3ccccc32)c1.CC(C)(C)c1ccc2ccc3ccccc3c2c1.CC(C)(C)c1nc(-c2ccccc2)nc(-c2ccccc2)n1.CC(C)(C)c1nc2ccccc2n1-c1ccccc1.CC(C)(C)n1cnc2ccccc21. The Morgan fingerprint density at radius 2 is 0.657 bits per heavy atom. The summed E-state index contributed by atoms with van der Waals surface area (Å²) in [5.41, 5.74) is 12.5. The predicted molar refractivity (Wildman–Crippen MR) is 464 cm³/mol. The number of nitrogens with zero attached hydrogens (tertiary/aromatic N) is 7. The zero-order valence-electron chi connectivity index (χ0n) is 66.6. The number of fused-ring (bicyclic) bond motifs is 11. The predicted octanol–water partition coefficient (Wildman–Crippen LogP) is 27.5. The van der Waals surface area contributed by atoms with Crippen molar-refractivity contribution in [3.8, 4) is 28.5 Å². The Kier molecular flexibility index (Phi) is 22.3. The molecule has 0 amide bonds. The van der Waals surface area contributed by atoms with Gasteiger partial charge in [-0.3, -0.25) is 4.57 Å². The third-order valence-electron chi connectivity index (χ3n) is 19.6. The van der Waals surface area contributed by atoms with E-state index in [9.17, 15) is 0 Å². The quantitative estimate of drug-likeness (QED) is 0.165. The van der Waals surface area contributed by atoms with Crippen LogP contribution in [0.25, 0.3) is 115 Å². The van der Waals surface area contributed by atoms with Gasteiger partial charge in [-0.15, -0.1) is 0 Å². The summed E-state index contributed by atoms with van der Waals surface area (Å²) >= 11 is 0. The van der Waals surface area contributed by atoms with Crippen LogP contribution in [0.2, 0.25) is 0 Å². The van der Waals surface area contributed by atoms with Crippen LogP contribution in [0.5, 0.6) is 0 Å². The molecule has 0 saturated carbocycles. The standard InChI is InChI=1S/C19H19N3.3C18H18.C17H18N2.C11H14N2/c1-19(2,3)18-21-16(14-10-6-4-7-11-14)20-17(22-18)15-12-8-5-9-13-15;1-18(2,3)17-12-13-8-4-5-9-14(13)15-10-6-7-11-16(15)17;1-18(2,3)15-10-11-17-14(12-15)9-8-13-6-4-5-7-16(13)17;1-18(2,3)15-11-10-14-9-8-13-6-4-5-7-16(13)17(14)12-15;1-17(2,3)16-18-14-11-7-8-12-15(14)19(16)13-9-5-4-6-10-13;1-11(2,3)13-8-12-9-6-4-5-7-10(9)13/h4-13H,1-3H3;3*4-12H,1-3H3;4-12H,1-3H3;4-8H,1-3H3. The molecular weight excluding hydrogens is 1310 g/mol. The monoisotopic (exact) mass is 1420 g/mol. The minimum Gasteiger partial charge on any atom is -0.325 e. The second kappa shape index (κ2) is 31.6. The normalized spacial score (nSPS) is 12.0. The van der Waals surface area contributed by atoms with Crippen LogP contribution in [-0.2, 0) is 32.6 Å². The number of hydrogen-bond acceptors (Lipinski definition) is 5. The summed E-state index contributed by atoms with van der Waals surface area (Å²) in [4.78, 5) is 23.2. The zero-order chi connectivity index (χ0) is 76.8. The van der Waals surface area contributed by atoms with E-state index in [-0.39, 0.29) is 32.6 Å². The Labute approximate surface area is 640 Å². The van der Waals surface area contributed by atoms with E-state index in [1.807, 2.05) is 97.3 Å². The molecular formula is C101H105N7. The maximum atomic E-state index is 4.82. The van der Waals surface area contributed by atoms with Crippen molar-refractivity contribution in [1.82, 2.24) is 34.1 Å². The Hall–Kier alpha value is -11.4. The van der Waals surface area contributed by atoms with Crippen molar-refractivity contribution in [1.29, 1.82) is 0 Å². The first-order valence-corrected chi connectivity index (χ1v) is 38.0. The molecule has 3 heterocycles. The van der Waals surface area contributed by atoms with E-state index in [1.54, 1.807) is 0 Å². The van der Waals surface area contributed by atoms with Crippen molar-refractivity contribution in [2.45, 2.75) is 157 Å². The van der Waals surface area contributed by atoms with Crippen molar-refractivity contribution >= 4 is 86.7 Å². The van der Waals surface area contributed by atoms with Crippen molar-refractivity contribution in [3.63, 3.8) is 0 Å². The molecule has 14 aromatic carbocycles. The molecule has 0 bridgehead atoms. The lowest BCUT2D eigenvalue weighted by atomic mass is 9.82. The van der Waals surface area contributed by atoms with E-state index in [0.717, 1.165) is 45.5 Å². The number of imidazole rings is 2. The summed E-state index contributed by atoms with van der Waals surface area (Å²) in [5.74, 6) is 3.35. The summed E-state index contributed by atoms with van der Waals surface area (Å²) < 4.78 is 4.46. The minimum atomic E-state index is -0.129. The Morgan fingerprint density at radius 1 is 0.259 bits per heavy atom. The van der Waals surface area contributed by atoms with E-state index in [2.05, 4.69) is 366 Å². The lowest BCUT2D eigenvalue weighted by Gasteiger charge is -2.22. The lowest BCUT2D eigenvalue weighted by molar-refractivity contribution is 0.408. The number of rotatable bonds is 3. The van der Waals surface area contributed by atoms with Gasteiger partial charge in [0.15, 0.2) is 11.6 Å². The molecule has 17 rings (SSSR count). The van der Waals surface area contributed by atoms with Crippen LogP contribution in [0.1, 0.15) is 153 Å². The highest BCUT2D eigenvalue weighted by atomic mass is 15.1. The zero-order valence-corrected chi connectivity index (χ0v) is 66.6. The summed E-state index contributed by atoms with van der Waals surface area (Å²) in [6.45, 7) is 39.9. The number of para-hydroxylation sites is 5. The molecule has 0 unspecified atom stereocenters. The number of hydrogen-bond donors (Lipinski definition) is 0. The lowest BCUT2D eigenvalue weighted by Crippen LogP contribution is -2.20. The summed E-state index contributed by atoms with van der Waals surface area (Å²) in [6.07, 6.45) is 1.91. The Morgan fingerprint density at radius 3 is 1.19 bits per heavy atom. The van der Waals surface area contributed by atoms with E-state index in [4.69, 9.17) is 4.98 Å². The van der Waals surface area contributed by atoms with Crippen molar-refractivity contribution in [3.05, 3.63) is 338 Å². The second-order valence-corrected chi connectivity index (χ2v) is 34.3. The van der Waals surface area contributed by atoms with Gasteiger partial charge in [0.25, 0.3) is 0 Å². The van der Waals surface area contributed by atoms with Gasteiger partial charge in [0, 0.05) is 33.2 Å². The third kappa shape index (κ3) is 17.8. The highest BCUT2D eigenvalue weighted by Crippen LogP contribution is 2.38. The Balaban J connectivity index is 0.000000122. The van der Waals surface area contributed by atoms with E-state index >= 15 is 0 Å². The smallest absolute Gasteiger partial charge is 0.163 e. The van der Waals surface area contributed by atoms with Gasteiger partial charge in [-0.05, 0) is 161 Å². The van der Waals surface area contributed by atoms with Gasteiger partial charge in [-0.2, -0.15) is 0 Å². The maximum Gasteiger partial charge on any atom is 0.163 e. The van der Waals surface area contributed by atoms with Crippen LogP contribution in [-0.4, -0.2) is 34.1 Å². The molecule has 0 radical (unpaired) electrons. The highest BCUT2D eigenvalue weighted by Gasteiger charge is 2.25. The van der Waals surface area contributed by atoms with Gasteiger partial charge in [0.1, 0.15) is 11.6 Å². The van der Waals surface area contributed by atoms with Gasteiger partial charge in [-0.25, -0.2) is 24.9 Å². The third-order valence-corrected chi connectivity index (χ3v) is 19.6. The molecule has 0 atom stereocenters.